The average molecular weight is 326 g/mol. The molecule has 1 aromatic carbocycles. The quantitative estimate of drug-likeness (QED) is 0.895. The lowest BCUT2D eigenvalue weighted by Gasteiger charge is -2.23. The average Bonchev–Trinajstić information content (AvgIpc) is 2.93. The molecule has 2 rings (SSSR count). The third-order valence-corrected chi connectivity index (χ3v) is 3.69. The summed E-state index contributed by atoms with van der Waals surface area (Å²) in [6.45, 7) is 4.40. The summed E-state index contributed by atoms with van der Waals surface area (Å²) >= 11 is 0. The number of carbonyl (C=O) groups is 2. The molecule has 0 aromatic heterocycles. The van der Waals surface area contributed by atoms with E-state index in [1.165, 1.54) is 16.0 Å². The number of likely N-dealkylation sites (N-methyl/N-ethyl adjacent to an activating group) is 1. The lowest BCUT2D eigenvalue weighted by atomic mass is 10.1. The van der Waals surface area contributed by atoms with Crippen LogP contribution in [0.25, 0.3) is 0 Å². The molecule has 0 aliphatic carbocycles. The van der Waals surface area contributed by atoms with E-state index in [4.69, 9.17) is 0 Å². The Bertz CT molecular complexity index is 546. The van der Waals surface area contributed by atoms with Gasteiger partial charge in [-0.25, -0.2) is 0 Å². The summed E-state index contributed by atoms with van der Waals surface area (Å²) in [6, 6.07) is 5.80. The van der Waals surface area contributed by atoms with E-state index in [0.717, 1.165) is 19.5 Å². The SMILES string of the molecule is CCCN(CC(=O)N(C)C)C(=O)c1ccc2c(c1)CNC2.Cl. The molecule has 0 radical (unpaired) electrons. The monoisotopic (exact) mass is 325 g/mol. The van der Waals surface area contributed by atoms with Gasteiger partial charge in [-0.3, -0.25) is 9.59 Å². The van der Waals surface area contributed by atoms with Gasteiger partial charge in [0.2, 0.25) is 5.91 Å². The van der Waals surface area contributed by atoms with Crippen LogP contribution in [0.15, 0.2) is 18.2 Å². The fraction of sp³-hybridized carbons (Fsp3) is 0.500. The maximum absolute atomic E-state index is 12.6. The van der Waals surface area contributed by atoms with Crippen LogP contribution in [0.3, 0.4) is 0 Å². The molecule has 1 heterocycles. The first-order valence-electron chi connectivity index (χ1n) is 7.35. The first-order valence-corrected chi connectivity index (χ1v) is 7.35. The fourth-order valence-corrected chi connectivity index (χ4v) is 2.44. The Labute approximate surface area is 138 Å². The molecule has 1 aliphatic rings. The molecule has 122 valence electrons. The van der Waals surface area contributed by atoms with Gasteiger partial charge in [0.15, 0.2) is 0 Å². The highest BCUT2D eigenvalue weighted by molar-refractivity contribution is 5.96. The van der Waals surface area contributed by atoms with Gasteiger partial charge in [0, 0.05) is 39.3 Å². The molecule has 1 N–H and O–H groups in total. The zero-order valence-corrected chi connectivity index (χ0v) is 14.2. The standard InChI is InChI=1S/C16H23N3O2.ClH/c1-4-7-19(11-15(20)18(2)3)16(21)12-5-6-13-9-17-10-14(13)8-12;/h5-6,8,17H,4,7,9-11H2,1-3H3;1H. The summed E-state index contributed by atoms with van der Waals surface area (Å²) < 4.78 is 0. The van der Waals surface area contributed by atoms with Crippen molar-refractivity contribution in [3.8, 4) is 0 Å². The molecule has 0 saturated heterocycles. The van der Waals surface area contributed by atoms with Crippen LogP contribution in [0.5, 0.6) is 0 Å². The maximum atomic E-state index is 12.6. The van der Waals surface area contributed by atoms with E-state index in [-0.39, 0.29) is 30.8 Å². The van der Waals surface area contributed by atoms with Crippen LogP contribution < -0.4 is 5.32 Å². The molecular weight excluding hydrogens is 302 g/mol. The summed E-state index contributed by atoms with van der Waals surface area (Å²) in [6.07, 6.45) is 0.832. The van der Waals surface area contributed by atoms with Crippen molar-refractivity contribution in [1.82, 2.24) is 15.1 Å². The van der Waals surface area contributed by atoms with E-state index in [0.29, 0.717) is 12.1 Å². The Morgan fingerprint density at radius 1 is 1.18 bits per heavy atom. The van der Waals surface area contributed by atoms with Crippen LogP contribution in [0.1, 0.15) is 34.8 Å². The second-order valence-corrected chi connectivity index (χ2v) is 5.60. The molecule has 0 fully saturated rings. The van der Waals surface area contributed by atoms with E-state index in [9.17, 15) is 9.59 Å². The van der Waals surface area contributed by atoms with Crippen LogP contribution in [0, 0.1) is 0 Å². The van der Waals surface area contributed by atoms with Crippen molar-refractivity contribution in [2.24, 2.45) is 0 Å². The fourth-order valence-electron chi connectivity index (χ4n) is 2.44. The Morgan fingerprint density at radius 2 is 1.86 bits per heavy atom. The van der Waals surface area contributed by atoms with Crippen LogP contribution in [0.4, 0.5) is 0 Å². The third-order valence-electron chi connectivity index (χ3n) is 3.69. The number of benzene rings is 1. The molecule has 0 bridgehead atoms. The number of nitrogens with zero attached hydrogens (tertiary/aromatic N) is 2. The zero-order chi connectivity index (χ0) is 15.4. The number of amides is 2. The van der Waals surface area contributed by atoms with Crippen LogP contribution >= 0.6 is 12.4 Å². The second kappa shape index (κ2) is 8.15. The van der Waals surface area contributed by atoms with Gasteiger partial charge in [0.1, 0.15) is 6.54 Å². The second-order valence-electron chi connectivity index (χ2n) is 5.60. The van der Waals surface area contributed by atoms with Gasteiger partial charge < -0.3 is 15.1 Å². The molecular formula is C16H24ClN3O2. The van der Waals surface area contributed by atoms with E-state index in [2.05, 4.69) is 5.32 Å². The van der Waals surface area contributed by atoms with Crippen molar-refractivity contribution in [1.29, 1.82) is 0 Å². The Morgan fingerprint density at radius 3 is 2.50 bits per heavy atom. The van der Waals surface area contributed by atoms with E-state index >= 15 is 0 Å². The first kappa shape index (κ1) is 18.5. The van der Waals surface area contributed by atoms with Crippen molar-refractivity contribution >= 4 is 24.2 Å². The van der Waals surface area contributed by atoms with Gasteiger partial charge in [0.05, 0.1) is 0 Å². The molecule has 6 heteroatoms. The molecule has 22 heavy (non-hydrogen) atoms. The van der Waals surface area contributed by atoms with Crippen LogP contribution in [-0.4, -0.2) is 48.8 Å². The lowest BCUT2D eigenvalue weighted by Crippen LogP contribution is -2.40. The molecule has 1 aliphatic heterocycles. The maximum Gasteiger partial charge on any atom is 0.254 e. The minimum atomic E-state index is -0.0678. The van der Waals surface area contributed by atoms with E-state index in [1.54, 1.807) is 19.0 Å². The minimum absolute atomic E-state index is 0. The van der Waals surface area contributed by atoms with Gasteiger partial charge in [-0.15, -0.1) is 12.4 Å². The predicted octanol–water partition coefficient (Wildman–Crippen LogP) is 1.65. The van der Waals surface area contributed by atoms with Gasteiger partial charge >= 0.3 is 0 Å². The summed E-state index contributed by atoms with van der Waals surface area (Å²) in [4.78, 5) is 27.6. The smallest absolute Gasteiger partial charge is 0.254 e. The number of hydrogen-bond acceptors (Lipinski definition) is 3. The number of halogens is 1. The molecule has 0 saturated carbocycles. The summed E-state index contributed by atoms with van der Waals surface area (Å²) in [5.41, 5.74) is 3.09. The normalized spacial score (nSPS) is 12.3. The lowest BCUT2D eigenvalue weighted by molar-refractivity contribution is -0.129. The minimum Gasteiger partial charge on any atom is -0.347 e. The van der Waals surface area contributed by atoms with Gasteiger partial charge in [0.25, 0.3) is 5.91 Å². The number of fused-ring (bicyclic) bond motifs is 1. The van der Waals surface area contributed by atoms with Gasteiger partial charge in [-0.1, -0.05) is 13.0 Å². The molecule has 0 spiro atoms. The van der Waals surface area contributed by atoms with Crippen molar-refractivity contribution in [3.63, 3.8) is 0 Å². The van der Waals surface area contributed by atoms with Crippen LogP contribution in [-0.2, 0) is 17.9 Å². The molecule has 0 atom stereocenters. The van der Waals surface area contributed by atoms with Crippen molar-refractivity contribution in [2.75, 3.05) is 27.2 Å². The molecule has 0 unspecified atom stereocenters. The summed E-state index contributed by atoms with van der Waals surface area (Å²) in [7, 11) is 3.41. The largest absolute Gasteiger partial charge is 0.347 e. The first-order chi connectivity index (χ1) is 10.0. The van der Waals surface area contributed by atoms with Gasteiger partial charge in [-0.2, -0.15) is 0 Å². The Kier molecular flexibility index (Phi) is 6.84. The van der Waals surface area contributed by atoms with E-state index in [1.807, 2.05) is 25.1 Å². The zero-order valence-electron chi connectivity index (χ0n) is 13.4. The van der Waals surface area contributed by atoms with Gasteiger partial charge in [-0.05, 0) is 29.7 Å². The Balaban J connectivity index is 0.00000242. The Hall–Kier alpha value is -1.59. The highest BCUT2D eigenvalue weighted by Crippen LogP contribution is 2.18. The number of carbonyl (C=O) groups excluding carboxylic acids is 2. The molecule has 1 aromatic rings. The van der Waals surface area contributed by atoms with Crippen molar-refractivity contribution in [3.05, 3.63) is 34.9 Å². The highest BCUT2D eigenvalue weighted by atomic mass is 35.5. The number of nitrogens with one attached hydrogen (secondary N) is 1. The highest BCUT2D eigenvalue weighted by Gasteiger charge is 2.20. The number of rotatable bonds is 5. The molecule has 2 amide bonds. The van der Waals surface area contributed by atoms with E-state index < -0.39 is 0 Å². The third kappa shape index (κ3) is 4.21. The van der Waals surface area contributed by atoms with Crippen molar-refractivity contribution < 1.29 is 9.59 Å². The number of hydrogen-bond donors (Lipinski definition) is 1. The molecule has 5 nitrogen and oxygen atoms in total. The predicted molar refractivity (Wildman–Crippen MR) is 89.1 cm³/mol. The van der Waals surface area contributed by atoms with Crippen molar-refractivity contribution in [2.45, 2.75) is 26.4 Å². The van der Waals surface area contributed by atoms with Crippen LogP contribution in [0.2, 0.25) is 0 Å². The summed E-state index contributed by atoms with van der Waals surface area (Å²) in [5, 5.41) is 3.27. The topological polar surface area (TPSA) is 52.7 Å². The summed E-state index contributed by atoms with van der Waals surface area (Å²) in [5.74, 6) is -0.124.